The van der Waals surface area contributed by atoms with Crippen molar-refractivity contribution in [2.75, 3.05) is 46.8 Å². The van der Waals surface area contributed by atoms with Crippen molar-refractivity contribution < 1.29 is 0 Å². The number of nitrogens with one attached hydrogen (secondary N) is 1. The fourth-order valence-electron chi connectivity index (χ4n) is 2.46. The Morgan fingerprint density at radius 3 is 2.53 bits per heavy atom. The minimum absolute atomic E-state index is 0.765. The summed E-state index contributed by atoms with van der Waals surface area (Å²) in [5.41, 5.74) is 0. The molecule has 1 heterocycles. The summed E-state index contributed by atoms with van der Waals surface area (Å²) in [6, 6.07) is 0.816. The van der Waals surface area contributed by atoms with Gasteiger partial charge >= 0.3 is 0 Å². The first-order valence-electron chi connectivity index (χ1n) is 7.19. The SMILES string of the molecule is CC(C)CNCCCN(C)C1CCN(C)CC1. The summed E-state index contributed by atoms with van der Waals surface area (Å²) in [4.78, 5) is 5.00. The van der Waals surface area contributed by atoms with Crippen molar-refractivity contribution in [1.29, 1.82) is 0 Å². The maximum atomic E-state index is 3.52. The molecule has 1 rings (SSSR count). The first-order chi connectivity index (χ1) is 8.09. The van der Waals surface area contributed by atoms with E-state index in [1.165, 1.54) is 38.9 Å². The molecule has 0 aromatic carbocycles. The van der Waals surface area contributed by atoms with Crippen molar-refractivity contribution in [1.82, 2.24) is 15.1 Å². The molecule has 0 saturated carbocycles. The molecule has 17 heavy (non-hydrogen) atoms. The lowest BCUT2D eigenvalue weighted by molar-refractivity contribution is 0.143. The van der Waals surface area contributed by atoms with Crippen LogP contribution in [0.25, 0.3) is 0 Å². The molecule has 0 spiro atoms. The molecule has 0 aliphatic carbocycles. The van der Waals surface area contributed by atoms with Gasteiger partial charge in [0, 0.05) is 6.04 Å². The van der Waals surface area contributed by atoms with E-state index in [2.05, 4.69) is 43.1 Å². The Morgan fingerprint density at radius 2 is 1.94 bits per heavy atom. The Kier molecular flexibility index (Phi) is 7.09. The van der Waals surface area contributed by atoms with Crippen molar-refractivity contribution in [3.05, 3.63) is 0 Å². The molecule has 3 heteroatoms. The van der Waals surface area contributed by atoms with Gasteiger partial charge in [0.25, 0.3) is 0 Å². The average molecular weight is 241 g/mol. The van der Waals surface area contributed by atoms with E-state index < -0.39 is 0 Å². The summed E-state index contributed by atoms with van der Waals surface area (Å²) < 4.78 is 0. The number of hydrogen-bond acceptors (Lipinski definition) is 3. The normalized spacial score (nSPS) is 19.4. The van der Waals surface area contributed by atoms with Gasteiger partial charge in [0.2, 0.25) is 0 Å². The summed E-state index contributed by atoms with van der Waals surface area (Å²) in [5.74, 6) is 0.765. The van der Waals surface area contributed by atoms with Gasteiger partial charge in [-0.3, -0.25) is 0 Å². The van der Waals surface area contributed by atoms with Crippen LogP contribution in [-0.2, 0) is 0 Å². The number of rotatable bonds is 7. The lowest BCUT2D eigenvalue weighted by Crippen LogP contribution is -2.42. The van der Waals surface area contributed by atoms with Crippen molar-refractivity contribution in [3.63, 3.8) is 0 Å². The molecule has 0 amide bonds. The molecule has 0 aromatic rings. The van der Waals surface area contributed by atoms with E-state index in [0.29, 0.717) is 0 Å². The molecule has 0 aromatic heterocycles. The summed E-state index contributed by atoms with van der Waals surface area (Å²) in [6.07, 6.45) is 3.95. The Morgan fingerprint density at radius 1 is 1.29 bits per heavy atom. The Bertz CT molecular complexity index is 186. The lowest BCUT2D eigenvalue weighted by Gasteiger charge is -2.35. The van der Waals surface area contributed by atoms with Crippen LogP contribution in [0.3, 0.4) is 0 Å². The first-order valence-corrected chi connectivity index (χ1v) is 7.19. The zero-order chi connectivity index (χ0) is 12.7. The maximum absolute atomic E-state index is 3.52. The zero-order valence-corrected chi connectivity index (χ0v) is 12.2. The highest BCUT2D eigenvalue weighted by molar-refractivity contribution is 4.76. The van der Waals surface area contributed by atoms with E-state index in [4.69, 9.17) is 0 Å². The van der Waals surface area contributed by atoms with Gasteiger partial charge in [0.1, 0.15) is 0 Å². The largest absolute Gasteiger partial charge is 0.316 e. The molecule has 102 valence electrons. The standard InChI is InChI=1S/C14H31N3/c1-13(2)12-15-8-5-9-17(4)14-6-10-16(3)11-7-14/h13-15H,5-12H2,1-4H3. The zero-order valence-electron chi connectivity index (χ0n) is 12.2. The predicted molar refractivity (Wildman–Crippen MR) is 75.5 cm³/mol. The fraction of sp³-hybridized carbons (Fsp3) is 1.00. The van der Waals surface area contributed by atoms with Crippen LogP contribution in [0.15, 0.2) is 0 Å². The van der Waals surface area contributed by atoms with Gasteiger partial charge in [0.15, 0.2) is 0 Å². The summed E-state index contributed by atoms with van der Waals surface area (Å²) >= 11 is 0. The summed E-state index contributed by atoms with van der Waals surface area (Å²) in [5, 5.41) is 3.52. The number of piperidine rings is 1. The molecule has 0 unspecified atom stereocenters. The fourth-order valence-corrected chi connectivity index (χ4v) is 2.46. The third kappa shape index (κ3) is 6.39. The lowest BCUT2D eigenvalue weighted by atomic mass is 10.0. The van der Waals surface area contributed by atoms with E-state index in [1.807, 2.05) is 0 Å². The van der Waals surface area contributed by atoms with Crippen molar-refractivity contribution in [2.45, 2.75) is 39.2 Å². The molecule has 1 fully saturated rings. The van der Waals surface area contributed by atoms with Crippen LogP contribution in [0.4, 0.5) is 0 Å². The first kappa shape index (κ1) is 14.9. The molecule has 0 radical (unpaired) electrons. The van der Waals surface area contributed by atoms with Gasteiger partial charge < -0.3 is 15.1 Å². The minimum Gasteiger partial charge on any atom is -0.316 e. The van der Waals surface area contributed by atoms with Crippen LogP contribution in [0.5, 0.6) is 0 Å². The third-order valence-electron chi connectivity index (χ3n) is 3.73. The van der Waals surface area contributed by atoms with Crippen LogP contribution in [0.1, 0.15) is 33.1 Å². The monoisotopic (exact) mass is 241 g/mol. The number of nitrogens with zero attached hydrogens (tertiary/aromatic N) is 2. The van der Waals surface area contributed by atoms with Gasteiger partial charge in [0.05, 0.1) is 0 Å². The highest BCUT2D eigenvalue weighted by atomic mass is 15.2. The van der Waals surface area contributed by atoms with Crippen LogP contribution in [0.2, 0.25) is 0 Å². The van der Waals surface area contributed by atoms with E-state index >= 15 is 0 Å². The molecule has 1 N–H and O–H groups in total. The number of hydrogen-bond donors (Lipinski definition) is 1. The molecule has 3 nitrogen and oxygen atoms in total. The minimum atomic E-state index is 0.765. The predicted octanol–water partition coefficient (Wildman–Crippen LogP) is 1.65. The highest BCUT2D eigenvalue weighted by Gasteiger charge is 2.19. The van der Waals surface area contributed by atoms with Crippen molar-refractivity contribution >= 4 is 0 Å². The molecule has 0 bridgehead atoms. The topological polar surface area (TPSA) is 18.5 Å². The molecule has 0 atom stereocenters. The molecule has 1 aliphatic heterocycles. The van der Waals surface area contributed by atoms with E-state index in [9.17, 15) is 0 Å². The third-order valence-corrected chi connectivity index (χ3v) is 3.73. The van der Waals surface area contributed by atoms with E-state index in [0.717, 1.165) is 25.0 Å². The number of likely N-dealkylation sites (tertiary alicyclic amines) is 1. The van der Waals surface area contributed by atoms with Crippen molar-refractivity contribution in [3.8, 4) is 0 Å². The molecule has 1 aliphatic rings. The molecule has 1 saturated heterocycles. The van der Waals surface area contributed by atoms with E-state index in [1.54, 1.807) is 0 Å². The second kappa shape index (κ2) is 8.06. The molecular formula is C14H31N3. The highest BCUT2D eigenvalue weighted by Crippen LogP contribution is 2.13. The average Bonchev–Trinajstić information content (AvgIpc) is 2.29. The van der Waals surface area contributed by atoms with Gasteiger partial charge in [-0.1, -0.05) is 13.8 Å². The van der Waals surface area contributed by atoms with Gasteiger partial charge in [-0.05, 0) is 72.0 Å². The van der Waals surface area contributed by atoms with Gasteiger partial charge in [-0.2, -0.15) is 0 Å². The second-order valence-electron chi connectivity index (χ2n) is 5.97. The van der Waals surface area contributed by atoms with E-state index in [-0.39, 0.29) is 0 Å². The second-order valence-corrected chi connectivity index (χ2v) is 5.97. The Balaban J connectivity index is 2.02. The van der Waals surface area contributed by atoms with Crippen LogP contribution < -0.4 is 5.32 Å². The summed E-state index contributed by atoms with van der Waals surface area (Å²) in [7, 11) is 4.52. The quantitative estimate of drug-likeness (QED) is 0.684. The van der Waals surface area contributed by atoms with Crippen LogP contribution >= 0.6 is 0 Å². The van der Waals surface area contributed by atoms with Crippen LogP contribution in [0, 0.1) is 5.92 Å². The summed E-state index contributed by atoms with van der Waals surface area (Å²) in [6.45, 7) is 10.6. The Hall–Kier alpha value is -0.120. The van der Waals surface area contributed by atoms with Crippen molar-refractivity contribution in [2.24, 2.45) is 5.92 Å². The van der Waals surface area contributed by atoms with Crippen LogP contribution in [-0.4, -0.2) is 62.7 Å². The van der Waals surface area contributed by atoms with Gasteiger partial charge in [-0.15, -0.1) is 0 Å². The Labute approximate surface area is 108 Å². The smallest absolute Gasteiger partial charge is 0.0117 e. The maximum Gasteiger partial charge on any atom is 0.0117 e. The van der Waals surface area contributed by atoms with Gasteiger partial charge in [-0.25, -0.2) is 0 Å². The molecular weight excluding hydrogens is 210 g/mol.